The van der Waals surface area contributed by atoms with Crippen LogP contribution in [0.1, 0.15) is 64.2 Å². The molecule has 0 heterocycles. The van der Waals surface area contributed by atoms with Gasteiger partial charge in [0, 0.05) is 0 Å². The predicted molar refractivity (Wildman–Crippen MR) is 77.7 cm³/mol. The summed E-state index contributed by atoms with van der Waals surface area (Å²) in [5, 5.41) is 0. The third-order valence-electron chi connectivity index (χ3n) is 5.26. The Labute approximate surface area is 117 Å². The van der Waals surface area contributed by atoms with Gasteiger partial charge in [-0.2, -0.15) is 0 Å². The van der Waals surface area contributed by atoms with E-state index in [-0.39, 0.29) is 6.67 Å². The maximum Gasteiger partial charge on any atom is 0.0894 e. The largest absolute Gasteiger partial charge is 0.504 e. The Morgan fingerprint density at radius 2 is 1.68 bits per heavy atom. The first-order valence-electron chi connectivity index (χ1n) is 8.10. The summed E-state index contributed by atoms with van der Waals surface area (Å²) in [7, 11) is 1.75. The molecular formula is C17H29FO. The van der Waals surface area contributed by atoms with Crippen molar-refractivity contribution in [3.63, 3.8) is 0 Å². The van der Waals surface area contributed by atoms with Crippen LogP contribution in [0.25, 0.3) is 0 Å². The number of alkyl halides is 1. The Kier molecular flexibility index (Phi) is 6.19. The fourth-order valence-corrected chi connectivity index (χ4v) is 4.08. The van der Waals surface area contributed by atoms with Crippen LogP contribution in [0.2, 0.25) is 0 Å². The van der Waals surface area contributed by atoms with Crippen LogP contribution in [-0.2, 0) is 4.74 Å². The van der Waals surface area contributed by atoms with E-state index in [1.54, 1.807) is 7.11 Å². The molecule has 19 heavy (non-hydrogen) atoms. The Morgan fingerprint density at radius 1 is 1.05 bits per heavy atom. The maximum atomic E-state index is 12.2. The van der Waals surface area contributed by atoms with Crippen molar-refractivity contribution in [2.45, 2.75) is 64.2 Å². The molecule has 0 aromatic heterocycles. The molecule has 2 saturated carbocycles. The standard InChI is InChI=1S/C17H29FO/c1-19-13-15-6-10-17(11-7-15)16-8-4-14(5-9-16)3-2-12-18/h13-14,16-17H,2-12H2,1H3. The summed E-state index contributed by atoms with van der Waals surface area (Å²) in [5.74, 6) is 2.71. The van der Waals surface area contributed by atoms with Gasteiger partial charge < -0.3 is 4.74 Å². The molecule has 110 valence electrons. The van der Waals surface area contributed by atoms with E-state index < -0.39 is 0 Å². The van der Waals surface area contributed by atoms with Crippen molar-refractivity contribution in [3.05, 3.63) is 11.8 Å². The molecule has 0 amide bonds. The molecule has 0 atom stereocenters. The zero-order valence-corrected chi connectivity index (χ0v) is 12.4. The lowest BCUT2D eigenvalue weighted by atomic mass is 9.70. The van der Waals surface area contributed by atoms with Gasteiger partial charge in [-0.25, -0.2) is 0 Å². The molecule has 2 rings (SSSR count). The third kappa shape index (κ3) is 4.50. The van der Waals surface area contributed by atoms with Crippen molar-refractivity contribution in [1.29, 1.82) is 0 Å². The van der Waals surface area contributed by atoms with E-state index in [0.29, 0.717) is 0 Å². The van der Waals surface area contributed by atoms with Gasteiger partial charge in [0.1, 0.15) is 0 Å². The summed E-state index contributed by atoms with van der Waals surface area (Å²) < 4.78 is 17.3. The zero-order valence-electron chi connectivity index (χ0n) is 12.4. The molecule has 2 heteroatoms. The molecular weight excluding hydrogens is 239 g/mol. The fraction of sp³-hybridized carbons (Fsp3) is 0.882. The van der Waals surface area contributed by atoms with Gasteiger partial charge in [-0.05, 0) is 74.7 Å². The number of rotatable bonds is 5. The summed E-state index contributed by atoms with van der Waals surface area (Å²) >= 11 is 0. The van der Waals surface area contributed by atoms with Crippen molar-refractivity contribution in [2.24, 2.45) is 17.8 Å². The van der Waals surface area contributed by atoms with Crippen LogP contribution in [0.5, 0.6) is 0 Å². The highest BCUT2D eigenvalue weighted by atomic mass is 19.1. The minimum atomic E-state index is -0.128. The Bertz CT molecular complexity index is 269. The van der Waals surface area contributed by atoms with Crippen LogP contribution in [0, 0.1) is 17.8 Å². The average molecular weight is 268 g/mol. The molecule has 0 spiro atoms. The number of halogens is 1. The molecule has 1 nitrogen and oxygen atoms in total. The minimum Gasteiger partial charge on any atom is -0.504 e. The molecule has 0 aliphatic heterocycles. The van der Waals surface area contributed by atoms with Crippen LogP contribution in [0.4, 0.5) is 4.39 Å². The monoisotopic (exact) mass is 268 g/mol. The SMILES string of the molecule is COC=C1CCC(C2CCC(CCCF)CC2)CC1. The van der Waals surface area contributed by atoms with Crippen LogP contribution >= 0.6 is 0 Å². The first-order chi connectivity index (χ1) is 9.33. The summed E-state index contributed by atoms with van der Waals surface area (Å²) in [6.07, 6.45) is 14.5. The van der Waals surface area contributed by atoms with Crippen molar-refractivity contribution < 1.29 is 9.13 Å². The van der Waals surface area contributed by atoms with E-state index in [1.165, 1.54) is 56.9 Å². The first-order valence-corrected chi connectivity index (χ1v) is 8.10. The quantitative estimate of drug-likeness (QED) is 0.618. The Hall–Kier alpha value is -0.530. The van der Waals surface area contributed by atoms with Gasteiger partial charge in [-0.3, -0.25) is 4.39 Å². The molecule has 2 aliphatic rings. The molecule has 0 aromatic rings. The molecule has 0 saturated heterocycles. The normalized spacial score (nSPS) is 32.1. The van der Waals surface area contributed by atoms with Gasteiger partial charge in [-0.1, -0.05) is 12.8 Å². The summed E-state index contributed by atoms with van der Waals surface area (Å²) in [5.41, 5.74) is 1.50. The third-order valence-corrected chi connectivity index (χ3v) is 5.26. The molecule has 0 aromatic carbocycles. The van der Waals surface area contributed by atoms with Gasteiger partial charge in [0.05, 0.1) is 20.0 Å². The highest BCUT2D eigenvalue weighted by Gasteiger charge is 2.29. The second-order valence-electron chi connectivity index (χ2n) is 6.46. The molecule has 0 unspecified atom stereocenters. The van der Waals surface area contributed by atoms with E-state index in [2.05, 4.69) is 0 Å². The Morgan fingerprint density at radius 3 is 2.26 bits per heavy atom. The minimum absolute atomic E-state index is 0.128. The molecule has 2 fully saturated rings. The number of allylic oxidation sites excluding steroid dienone is 1. The van der Waals surface area contributed by atoms with Crippen molar-refractivity contribution >= 4 is 0 Å². The van der Waals surface area contributed by atoms with Gasteiger partial charge >= 0.3 is 0 Å². The predicted octanol–water partition coefficient (Wildman–Crippen LogP) is 5.26. The van der Waals surface area contributed by atoms with Crippen LogP contribution in [-0.4, -0.2) is 13.8 Å². The van der Waals surface area contributed by atoms with E-state index in [4.69, 9.17) is 4.74 Å². The van der Waals surface area contributed by atoms with E-state index in [1.807, 2.05) is 6.26 Å². The van der Waals surface area contributed by atoms with E-state index in [0.717, 1.165) is 30.6 Å². The number of hydrogen-bond donors (Lipinski definition) is 0. The van der Waals surface area contributed by atoms with E-state index in [9.17, 15) is 4.39 Å². The number of hydrogen-bond acceptors (Lipinski definition) is 1. The van der Waals surface area contributed by atoms with Crippen molar-refractivity contribution in [3.8, 4) is 0 Å². The van der Waals surface area contributed by atoms with Crippen LogP contribution in [0.3, 0.4) is 0 Å². The zero-order chi connectivity index (χ0) is 13.5. The molecule has 0 radical (unpaired) electrons. The highest BCUT2D eigenvalue weighted by Crippen LogP contribution is 2.41. The lowest BCUT2D eigenvalue weighted by Gasteiger charge is -2.36. The Balaban J connectivity index is 1.69. The summed E-state index contributed by atoms with van der Waals surface area (Å²) in [6.45, 7) is -0.128. The van der Waals surface area contributed by atoms with Crippen LogP contribution < -0.4 is 0 Å². The van der Waals surface area contributed by atoms with Gasteiger partial charge in [0.15, 0.2) is 0 Å². The van der Waals surface area contributed by atoms with Gasteiger partial charge in [0.25, 0.3) is 0 Å². The summed E-state index contributed by atoms with van der Waals surface area (Å²) in [4.78, 5) is 0. The van der Waals surface area contributed by atoms with Crippen molar-refractivity contribution in [2.75, 3.05) is 13.8 Å². The van der Waals surface area contributed by atoms with Gasteiger partial charge in [0.2, 0.25) is 0 Å². The maximum absolute atomic E-state index is 12.2. The topological polar surface area (TPSA) is 9.23 Å². The fourth-order valence-electron chi connectivity index (χ4n) is 4.08. The molecule has 2 aliphatic carbocycles. The molecule has 0 bridgehead atoms. The van der Waals surface area contributed by atoms with E-state index >= 15 is 0 Å². The van der Waals surface area contributed by atoms with Crippen molar-refractivity contribution in [1.82, 2.24) is 0 Å². The lowest BCUT2D eigenvalue weighted by molar-refractivity contribution is 0.170. The number of methoxy groups -OCH3 is 1. The first kappa shape index (κ1) is 14.9. The average Bonchev–Trinajstić information content (AvgIpc) is 2.47. The smallest absolute Gasteiger partial charge is 0.0894 e. The number of ether oxygens (including phenoxy) is 1. The lowest BCUT2D eigenvalue weighted by Crippen LogP contribution is -2.24. The highest BCUT2D eigenvalue weighted by molar-refractivity contribution is 5.02. The second-order valence-corrected chi connectivity index (χ2v) is 6.46. The van der Waals surface area contributed by atoms with Crippen LogP contribution in [0.15, 0.2) is 11.8 Å². The second kappa shape index (κ2) is 7.91. The summed E-state index contributed by atoms with van der Waals surface area (Å²) in [6, 6.07) is 0. The van der Waals surface area contributed by atoms with Gasteiger partial charge in [-0.15, -0.1) is 0 Å². The molecule has 0 N–H and O–H groups in total.